The van der Waals surface area contributed by atoms with Crippen molar-refractivity contribution in [1.29, 1.82) is 0 Å². The van der Waals surface area contributed by atoms with E-state index in [1.165, 1.54) is 31.3 Å². The highest BCUT2D eigenvalue weighted by Crippen LogP contribution is 2.39. The van der Waals surface area contributed by atoms with E-state index in [-0.39, 0.29) is 4.21 Å². The molecule has 144 valence electrons. The van der Waals surface area contributed by atoms with Gasteiger partial charge in [-0.25, -0.2) is 13.2 Å². The summed E-state index contributed by atoms with van der Waals surface area (Å²) in [6.45, 7) is 3.79. The average molecular weight is 399 g/mol. The summed E-state index contributed by atoms with van der Waals surface area (Å²) >= 11 is 1.29. The smallest absolute Gasteiger partial charge is 0.340 e. The van der Waals surface area contributed by atoms with Gasteiger partial charge in [-0.05, 0) is 43.6 Å². The minimum atomic E-state index is -3.64. The van der Waals surface area contributed by atoms with Crippen LogP contribution in [0.3, 0.4) is 0 Å². The average Bonchev–Trinajstić information content (AvgIpc) is 3.38. The number of hydrogen-bond acceptors (Lipinski definition) is 6. The van der Waals surface area contributed by atoms with Crippen molar-refractivity contribution < 1.29 is 17.9 Å². The molecule has 8 heteroatoms. The largest absolute Gasteiger partial charge is 0.465 e. The summed E-state index contributed by atoms with van der Waals surface area (Å²) in [6.07, 6.45) is 6.15. The van der Waals surface area contributed by atoms with Crippen LogP contribution in [0.4, 0.5) is 0 Å². The maximum Gasteiger partial charge on any atom is 0.340 e. The van der Waals surface area contributed by atoms with Crippen LogP contribution in [-0.2, 0) is 27.7 Å². The number of piperidine rings is 1. The van der Waals surface area contributed by atoms with Crippen molar-refractivity contribution in [2.24, 2.45) is 5.92 Å². The molecule has 1 aromatic heterocycles. The Bertz CT molecular complexity index is 792. The second-order valence-corrected chi connectivity index (χ2v) is 10.8. The van der Waals surface area contributed by atoms with Crippen molar-refractivity contribution >= 4 is 27.3 Å². The second-order valence-electron chi connectivity index (χ2n) is 7.55. The summed E-state index contributed by atoms with van der Waals surface area (Å²) in [5.41, 5.74) is 1.19. The Hall–Kier alpha value is -0.960. The minimum absolute atomic E-state index is 0.199. The van der Waals surface area contributed by atoms with Crippen LogP contribution in [0.1, 0.15) is 52.9 Å². The molecule has 1 aliphatic carbocycles. The summed E-state index contributed by atoms with van der Waals surface area (Å²) < 4.78 is 33.2. The lowest BCUT2D eigenvalue weighted by Crippen LogP contribution is -2.36. The highest BCUT2D eigenvalue weighted by atomic mass is 32.2. The molecule has 26 heavy (non-hydrogen) atoms. The Balaban J connectivity index is 1.69. The molecule has 0 N–H and O–H groups in total. The first-order chi connectivity index (χ1) is 12.5. The third-order valence-electron chi connectivity index (χ3n) is 5.60. The number of nitrogens with zero attached hydrogens (tertiary/aromatic N) is 2. The molecule has 4 rings (SSSR count). The van der Waals surface area contributed by atoms with Gasteiger partial charge in [0.15, 0.2) is 0 Å². The van der Waals surface area contributed by atoms with Crippen LogP contribution in [0.25, 0.3) is 0 Å². The first-order valence-corrected chi connectivity index (χ1v) is 11.7. The van der Waals surface area contributed by atoms with Gasteiger partial charge in [-0.15, -0.1) is 11.3 Å². The predicted molar refractivity (Wildman–Crippen MR) is 100.0 cm³/mol. The van der Waals surface area contributed by atoms with Crippen LogP contribution in [0.15, 0.2) is 4.21 Å². The fraction of sp³-hybridized carbons (Fsp3) is 0.722. The van der Waals surface area contributed by atoms with Crippen molar-refractivity contribution in [2.45, 2.75) is 49.3 Å². The van der Waals surface area contributed by atoms with Crippen LogP contribution in [0, 0.1) is 5.92 Å². The highest BCUT2D eigenvalue weighted by molar-refractivity contribution is 7.91. The maximum absolute atomic E-state index is 13.2. The van der Waals surface area contributed by atoms with E-state index in [2.05, 4.69) is 4.90 Å². The molecule has 2 aliphatic heterocycles. The molecule has 3 heterocycles. The normalized spacial score (nSPS) is 22.2. The Morgan fingerprint density at radius 2 is 1.92 bits per heavy atom. The van der Waals surface area contributed by atoms with Crippen LogP contribution in [0.2, 0.25) is 0 Å². The van der Waals surface area contributed by atoms with E-state index in [1.807, 2.05) is 0 Å². The lowest BCUT2D eigenvalue weighted by atomic mass is 10.0. The quantitative estimate of drug-likeness (QED) is 0.713. The minimum Gasteiger partial charge on any atom is -0.465 e. The van der Waals surface area contributed by atoms with Gasteiger partial charge in [0.05, 0.1) is 12.7 Å². The molecule has 2 fully saturated rings. The number of esters is 1. The Labute approximate surface area is 159 Å². The molecule has 0 radical (unpaired) electrons. The third-order valence-corrected chi connectivity index (χ3v) is 9.21. The zero-order chi connectivity index (χ0) is 18.3. The van der Waals surface area contributed by atoms with Crippen LogP contribution in [0.5, 0.6) is 0 Å². The van der Waals surface area contributed by atoms with Gasteiger partial charge in [-0.3, -0.25) is 4.90 Å². The van der Waals surface area contributed by atoms with Crippen molar-refractivity contribution in [2.75, 3.05) is 33.3 Å². The van der Waals surface area contributed by atoms with Gasteiger partial charge in [0, 0.05) is 37.6 Å². The molecule has 0 amide bonds. The summed E-state index contributed by atoms with van der Waals surface area (Å²) in [4.78, 5) is 15.9. The summed E-state index contributed by atoms with van der Waals surface area (Å²) in [5.74, 6) is 0.280. The lowest BCUT2D eigenvalue weighted by Gasteiger charge is -2.26. The van der Waals surface area contributed by atoms with Gasteiger partial charge in [0.25, 0.3) is 10.0 Å². The molecule has 0 spiro atoms. The number of carbonyl (C=O) groups excluding carboxylic acids is 1. The van der Waals surface area contributed by atoms with Crippen LogP contribution in [-0.4, -0.2) is 56.9 Å². The molecule has 0 bridgehead atoms. The standard InChI is InChI=1S/C18H26N2O4S2/c1-24-17(21)16-14-7-10-19(11-13-5-6-13)12-15(14)25-18(16)26(22,23)20-8-3-2-4-9-20/h13H,2-12H2,1H3. The van der Waals surface area contributed by atoms with E-state index in [0.717, 1.165) is 61.7 Å². The fourth-order valence-corrected chi connectivity index (χ4v) is 7.55. The number of sulfonamides is 1. The second kappa shape index (κ2) is 7.22. The first kappa shape index (κ1) is 18.4. The van der Waals surface area contributed by atoms with Gasteiger partial charge in [0.2, 0.25) is 0 Å². The number of fused-ring (bicyclic) bond motifs is 1. The summed E-state index contributed by atoms with van der Waals surface area (Å²) in [7, 11) is -2.31. The van der Waals surface area contributed by atoms with Crippen LogP contribution >= 0.6 is 11.3 Å². The topological polar surface area (TPSA) is 66.9 Å². The van der Waals surface area contributed by atoms with E-state index in [9.17, 15) is 13.2 Å². The number of carbonyl (C=O) groups is 1. The van der Waals surface area contributed by atoms with Crippen molar-refractivity contribution in [1.82, 2.24) is 9.21 Å². The number of hydrogen-bond donors (Lipinski definition) is 0. The third kappa shape index (κ3) is 3.44. The first-order valence-electron chi connectivity index (χ1n) is 9.46. The molecule has 1 aromatic rings. The van der Waals surface area contributed by atoms with Gasteiger partial charge in [0.1, 0.15) is 4.21 Å². The van der Waals surface area contributed by atoms with Crippen molar-refractivity contribution in [3.63, 3.8) is 0 Å². The lowest BCUT2D eigenvalue weighted by molar-refractivity contribution is 0.0595. The molecule has 3 aliphatic rings. The SMILES string of the molecule is COC(=O)c1c(S(=O)(=O)N2CCCCC2)sc2c1CCN(CC1CC1)C2. The molecule has 0 unspecified atom stereocenters. The molecular weight excluding hydrogens is 372 g/mol. The highest BCUT2D eigenvalue weighted by Gasteiger charge is 2.37. The molecule has 0 aromatic carbocycles. The van der Waals surface area contributed by atoms with E-state index in [4.69, 9.17) is 4.74 Å². The number of thiophene rings is 1. The number of methoxy groups -OCH3 is 1. The van der Waals surface area contributed by atoms with Crippen molar-refractivity contribution in [3.8, 4) is 0 Å². The Morgan fingerprint density at radius 3 is 2.58 bits per heavy atom. The summed E-state index contributed by atoms with van der Waals surface area (Å²) in [6, 6.07) is 0. The van der Waals surface area contributed by atoms with Gasteiger partial charge < -0.3 is 4.74 Å². The van der Waals surface area contributed by atoms with Gasteiger partial charge >= 0.3 is 5.97 Å². The van der Waals surface area contributed by atoms with E-state index in [0.29, 0.717) is 18.7 Å². The van der Waals surface area contributed by atoms with E-state index < -0.39 is 16.0 Å². The molecule has 6 nitrogen and oxygen atoms in total. The summed E-state index contributed by atoms with van der Waals surface area (Å²) in [5, 5.41) is 0. The zero-order valence-electron chi connectivity index (χ0n) is 15.2. The molecule has 0 atom stereocenters. The zero-order valence-corrected chi connectivity index (χ0v) is 16.8. The number of rotatable bonds is 5. The molecule has 1 saturated carbocycles. The van der Waals surface area contributed by atoms with E-state index in [1.54, 1.807) is 4.31 Å². The van der Waals surface area contributed by atoms with Gasteiger partial charge in [-0.2, -0.15) is 4.31 Å². The monoisotopic (exact) mass is 398 g/mol. The number of ether oxygens (including phenoxy) is 1. The van der Waals surface area contributed by atoms with E-state index >= 15 is 0 Å². The Kier molecular flexibility index (Phi) is 5.11. The molecule has 1 saturated heterocycles. The maximum atomic E-state index is 13.2. The van der Waals surface area contributed by atoms with Gasteiger partial charge in [-0.1, -0.05) is 6.42 Å². The van der Waals surface area contributed by atoms with Crippen LogP contribution < -0.4 is 0 Å². The van der Waals surface area contributed by atoms with Crippen molar-refractivity contribution in [3.05, 3.63) is 16.0 Å². The molecular formula is C18H26N2O4S2. The fourth-order valence-electron chi connectivity index (χ4n) is 3.97. The predicted octanol–water partition coefficient (Wildman–Crippen LogP) is 2.48. The Morgan fingerprint density at radius 1 is 1.19 bits per heavy atom.